The van der Waals surface area contributed by atoms with Crippen LogP contribution < -0.4 is 0 Å². The molecule has 0 aromatic carbocycles. The Kier molecular flexibility index (Phi) is 8.30. The molecular formula is C48H54N2. The van der Waals surface area contributed by atoms with Crippen LogP contribution in [-0.4, -0.2) is 46.1 Å². The summed E-state index contributed by atoms with van der Waals surface area (Å²) in [6.07, 6.45) is 65.8. The van der Waals surface area contributed by atoms with Gasteiger partial charge < -0.3 is 0 Å². The minimum atomic E-state index is 0.436. The largest absolute Gasteiger partial charge is 0.286 e. The second kappa shape index (κ2) is 13.3. The highest BCUT2D eigenvalue weighted by molar-refractivity contribution is 5.53. The number of allylic oxidation sites excluding steroid dienone is 15. The van der Waals surface area contributed by atoms with Crippen LogP contribution in [0.25, 0.3) is 0 Å². The van der Waals surface area contributed by atoms with Gasteiger partial charge in [0.2, 0.25) is 0 Å². The molecule has 2 aliphatic heterocycles. The molecule has 0 bridgehead atoms. The van der Waals surface area contributed by atoms with E-state index in [4.69, 9.17) is 0 Å². The maximum Gasteiger partial charge on any atom is 0.0432 e. The lowest BCUT2D eigenvalue weighted by molar-refractivity contribution is 0.145. The van der Waals surface area contributed by atoms with Crippen molar-refractivity contribution in [2.75, 3.05) is 0 Å². The Morgan fingerprint density at radius 1 is 0.580 bits per heavy atom. The first-order chi connectivity index (χ1) is 24.8. The van der Waals surface area contributed by atoms with E-state index in [0.717, 1.165) is 12.8 Å². The number of hydrogen-bond acceptors (Lipinski definition) is 2. The fourth-order valence-electron chi connectivity index (χ4n) is 11.9. The molecule has 2 fully saturated rings. The third-order valence-corrected chi connectivity index (χ3v) is 14.1. The molecule has 0 spiro atoms. The van der Waals surface area contributed by atoms with E-state index < -0.39 is 0 Å². The highest BCUT2D eigenvalue weighted by Gasteiger charge is 2.53. The van der Waals surface area contributed by atoms with Gasteiger partial charge in [0.1, 0.15) is 0 Å². The zero-order valence-corrected chi connectivity index (χ0v) is 29.6. The fraction of sp³-hybridized carbons (Fsp3) is 0.458. The van der Waals surface area contributed by atoms with E-state index in [1.807, 2.05) is 0 Å². The summed E-state index contributed by atoms with van der Waals surface area (Å²) in [6.45, 7) is 0. The van der Waals surface area contributed by atoms with E-state index in [0.29, 0.717) is 65.8 Å². The zero-order valence-electron chi connectivity index (χ0n) is 29.6. The summed E-state index contributed by atoms with van der Waals surface area (Å²) in [7, 11) is 0. The molecule has 0 saturated carbocycles. The van der Waals surface area contributed by atoms with Crippen molar-refractivity contribution in [2.45, 2.75) is 107 Å². The summed E-state index contributed by atoms with van der Waals surface area (Å²) in [4.78, 5) is 5.94. The summed E-state index contributed by atoms with van der Waals surface area (Å²) in [6, 6.07) is 3.07. The lowest BCUT2D eigenvalue weighted by atomic mass is 9.75. The summed E-state index contributed by atoms with van der Waals surface area (Å²) < 4.78 is 0. The van der Waals surface area contributed by atoms with Gasteiger partial charge in [-0.25, -0.2) is 0 Å². The quantitative estimate of drug-likeness (QED) is 0.271. The van der Waals surface area contributed by atoms with Gasteiger partial charge in [-0.15, -0.1) is 0 Å². The molecule has 2 nitrogen and oxygen atoms in total. The summed E-state index contributed by atoms with van der Waals surface area (Å²) in [5.41, 5.74) is 7.77. The molecule has 10 rings (SSSR count). The third kappa shape index (κ3) is 5.36. The second-order valence-corrected chi connectivity index (χ2v) is 16.6. The van der Waals surface area contributed by atoms with Crippen molar-refractivity contribution in [3.63, 3.8) is 0 Å². The minimum absolute atomic E-state index is 0.436. The highest BCUT2D eigenvalue weighted by Crippen LogP contribution is 2.52. The van der Waals surface area contributed by atoms with Gasteiger partial charge in [0.15, 0.2) is 0 Å². The molecule has 10 aliphatic rings. The maximum atomic E-state index is 3.00. The Bertz CT molecular complexity index is 1780. The molecule has 0 amide bonds. The van der Waals surface area contributed by atoms with Gasteiger partial charge in [-0.3, -0.25) is 9.80 Å². The molecule has 256 valence electrons. The number of rotatable bonds is 5. The van der Waals surface area contributed by atoms with E-state index in [-0.39, 0.29) is 0 Å². The Hall–Kier alpha value is -3.46. The van der Waals surface area contributed by atoms with Crippen molar-refractivity contribution in [3.05, 3.63) is 155 Å². The lowest BCUT2D eigenvalue weighted by Crippen LogP contribution is -2.47. The predicted molar refractivity (Wildman–Crippen MR) is 208 cm³/mol. The van der Waals surface area contributed by atoms with E-state index in [9.17, 15) is 0 Å². The number of fused-ring (bicyclic) bond motifs is 6. The van der Waals surface area contributed by atoms with Crippen molar-refractivity contribution >= 4 is 0 Å². The highest BCUT2D eigenvalue weighted by atomic mass is 15.3. The predicted octanol–water partition coefficient (Wildman–Crippen LogP) is 10.4. The molecule has 11 unspecified atom stereocenters. The monoisotopic (exact) mass is 658 g/mol. The fourth-order valence-corrected chi connectivity index (χ4v) is 11.9. The summed E-state index contributed by atoms with van der Waals surface area (Å²) >= 11 is 0. The molecule has 50 heavy (non-hydrogen) atoms. The van der Waals surface area contributed by atoms with Crippen LogP contribution in [0.4, 0.5) is 0 Å². The molecule has 0 aromatic rings. The van der Waals surface area contributed by atoms with Crippen LogP contribution in [0.15, 0.2) is 155 Å². The SMILES string of the molecule is C1=CCCC(C2=CC(N3C4C=CC(C5=CC=CC6C7C=CC=CC7N(C7CC=C(C8C=CCCC8)CC7)C56)=CC4C4C=CCCC43)CC=C2)=C1. The van der Waals surface area contributed by atoms with Crippen LogP contribution in [0, 0.1) is 29.6 Å². The molecule has 2 heterocycles. The first kappa shape index (κ1) is 31.3. The van der Waals surface area contributed by atoms with Gasteiger partial charge in [0.25, 0.3) is 0 Å². The molecule has 11 atom stereocenters. The third-order valence-electron chi connectivity index (χ3n) is 14.1. The first-order valence-corrected chi connectivity index (χ1v) is 20.3. The minimum Gasteiger partial charge on any atom is -0.286 e. The molecule has 0 aromatic heterocycles. The average Bonchev–Trinajstić information content (AvgIpc) is 3.71. The van der Waals surface area contributed by atoms with Gasteiger partial charge in [-0.1, -0.05) is 133 Å². The molecule has 0 radical (unpaired) electrons. The summed E-state index contributed by atoms with van der Waals surface area (Å²) in [5.74, 6) is 2.90. The van der Waals surface area contributed by atoms with Gasteiger partial charge >= 0.3 is 0 Å². The first-order valence-electron chi connectivity index (χ1n) is 20.3. The Balaban J connectivity index is 0.956. The second-order valence-electron chi connectivity index (χ2n) is 16.6. The van der Waals surface area contributed by atoms with Crippen molar-refractivity contribution in [3.8, 4) is 0 Å². The van der Waals surface area contributed by atoms with Crippen LogP contribution in [-0.2, 0) is 0 Å². The van der Waals surface area contributed by atoms with Gasteiger partial charge in [-0.05, 0) is 98.8 Å². The van der Waals surface area contributed by atoms with Crippen molar-refractivity contribution < 1.29 is 0 Å². The van der Waals surface area contributed by atoms with E-state index >= 15 is 0 Å². The Morgan fingerprint density at radius 3 is 2.38 bits per heavy atom. The smallest absolute Gasteiger partial charge is 0.0432 e. The molecule has 8 aliphatic carbocycles. The van der Waals surface area contributed by atoms with Gasteiger partial charge in [0, 0.05) is 59.9 Å². The molecule has 2 saturated heterocycles. The standard InChI is InChI=1S/C48H54N2/c1-3-13-33(14-4-1)35-25-28-38(29-26-35)50-46-24-10-7-19-41(46)43-22-12-21-40(48(43)50)37-27-30-47-44(32-37)42-20-8-9-23-45(42)49(47)39-18-11-17-36(31-39)34-15-5-2-6-16-34/h2-3,5,7-8,10-13,15,17,19-22,24-25,27,30-33,38-39,41-48H,1,4,6,9,14,16,18,23,26,28-29H2. The Labute approximate surface area is 300 Å². The van der Waals surface area contributed by atoms with Crippen molar-refractivity contribution in [1.29, 1.82) is 0 Å². The number of likely N-dealkylation sites (tertiary alicyclic amines) is 2. The van der Waals surface area contributed by atoms with E-state index in [1.165, 1.54) is 74.5 Å². The van der Waals surface area contributed by atoms with Gasteiger partial charge in [-0.2, -0.15) is 0 Å². The Morgan fingerprint density at radius 2 is 1.50 bits per heavy atom. The van der Waals surface area contributed by atoms with Crippen LogP contribution >= 0.6 is 0 Å². The number of nitrogens with zero attached hydrogens (tertiary/aromatic N) is 2. The molecule has 2 heteroatoms. The van der Waals surface area contributed by atoms with Crippen LogP contribution in [0.1, 0.15) is 70.6 Å². The number of hydrogen-bond donors (Lipinski definition) is 0. The average molecular weight is 659 g/mol. The van der Waals surface area contributed by atoms with Gasteiger partial charge in [0.05, 0.1) is 0 Å². The van der Waals surface area contributed by atoms with Crippen molar-refractivity contribution in [1.82, 2.24) is 9.80 Å². The van der Waals surface area contributed by atoms with Crippen LogP contribution in [0.2, 0.25) is 0 Å². The maximum absolute atomic E-state index is 3.00. The molecule has 0 N–H and O–H groups in total. The van der Waals surface area contributed by atoms with Crippen LogP contribution in [0.5, 0.6) is 0 Å². The van der Waals surface area contributed by atoms with Crippen molar-refractivity contribution in [2.24, 2.45) is 29.6 Å². The van der Waals surface area contributed by atoms with E-state index in [1.54, 1.807) is 11.1 Å². The lowest BCUT2D eigenvalue weighted by Gasteiger charge is -2.42. The van der Waals surface area contributed by atoms with E-state index in [2.05, 4.69) is 137 Å². The molecular weight excluding hydrogens is 605 g/mol. The topological polar surface area (TPSA) is 6.48 Å². The summed E-state index contributed by atoms with van der Waals surface area (Å²) in [5, 5.41) is 0. The van der Waals surface area contributed by atoms with Crippen LogP contribution in [0.3, 0.4) is 0 Å². The zero-order chi connectivity index (χ0) is 33.0. The normalized spacial score (nSPS) is 41.5.